The zero-order valence-electron chi connectivity index (χ0n) is 31.6. The van der Waals surface area contributed by atoms with Gasteiger partial charge >= 0.3 is 0 Å². The molecule has 1 N–H and O–H groups in total. The van der Waals surface area contributed by atoms with Crippen molar-refractivity contribution >= 4 is 76.8 Å². The van der Waals surface area contributed by atoms with Gasteiger partial charge in [-0.15, -0.1) is 0 Å². The molecule has 272 valence electrons. The highest BCUT2D eigenvalue weighted by Crippen LogP contribution is 2.34. The van der Waals surface area contributed by atoms with Gasteiger partial charge in [-0.05, 0) is 74.3 Å². The first-order valence-electron chi connectivity index (χ1n) is 19.7. The van der Waals surface area contributed by atoms with Crippen molar-refractivity contribution in [2.45, 2.75) is 0 Å². The Morgan fingerprint density at radius 1 is 0.328 bits per heavy atom. The van der Waals surface area contributed by atoms with E-state index in [1.165, 1.54) is 32.5 Å². The van der Waals surface area contributed by atoms with E-state index in [0.717, 1.165) is 84.1 Å². The summed E-state index contributed by atoms with van der Waals surface area (Å²) in [7, 11) is 0. The number of anilines is 1. The lowest BCUT2D eigenvalue weighted by Crippen LogP contribution is -2.05. The molecule has 0 aliphatic carbocycles. The van der Waals surface area contributed by atoms with E-state index in [-0.39, 0.29) is 0 Å². The molecular weight excluding hydrogens is 705 g/mol. The molecule has 0 spiro atoms. The molecule has 4 heteroatoms. The first-order valence-corrected chi connectivity index (χ1v) is 19.7. The predicted octanol–water partition coefficient (Wildman–Crippen LogP) is 13.9. The Balaban J connectivity index is 0.000000336. The number of benzene rings is 8. The zero-order valence-corrected chi connectivity index (χ0v) is 31.6. The van der Waals surface area contributed by atoms with Crippen LogP contribution < -0.4 is 5.32 Å². The number of fused-ring (bicyclic) bond motifs is 9. The van der Waals surface area contributed by atoms with E-state index in [0.29, 0.717) is 0 Å². The van der Waals surface area contributed by atoms with Crippen LogP contribution in [0.4, 0.5) is 5.69 Å². The molecule has 4 nitrogen and oxygen atoms in total. The predicted molar refractivity (Wildman–Crippen MR) is 245 cm³/mol. The highest BCUT2D eigenvalue weighted by atomic mass is 14.9. The Bertz CT molecular complexity index is 3350. The molecule has 4 heterocycles. The smallest absolute Gasteiger partial charge is 0.0972 e. The largest absolute Gasteiger partial charge is 0.379 e. The van der Waals surface area contributed by atoms with Crippen LogP contribution in [0.15, 0.2) is 194 Å². The summed E-state index contributed by atoms with van der Waals surface area (Å²) in [6.07, 6.45) is 4.31. The molecule has 58 heavy (non-hydrogen) atoms. The van der Waals surface area contributed by atoms with Crippen LogP contribution in [0, 0.1) is 0 Å². The highest BCUT2D eigenvalue weighted by Gasteiger charge is 2.13. The molecule has 0 saturated heterocycles. The SMILES string of the molecule is C1=Cc2ccc3ccc(-c4ccc5ccc(-c6ccc7ccc8ccc(-c9ccc%10ccccc%10c9)nc8c7n6)cc5c4)nc3c2NC1.c1ccc2ccccc2c1. The van der Waals surface area contributed by atoms with Gasteiger partial charge in [0.1, 0.15) is 0 Å². The minimum absolute atomic E-state index is 0.817. The van der Waals surface area contributed by atoms with Gasteiger partial charge in [-0.3, -0.25) is 0 Å². The summed E-state index contributed by atoms with van der Waals surface area (Å²) in [5, 5.41) is 14.2. The average Bonchev–Trinajstić information content (AvgIpc) is 3.30. The second kappa shape index (κ2) is 14.1. The molecule has 11 aromatic rings. The molecule has 0 unspecified atom stereocenters. The molecule has 0 bridgehead atoms. The van der Waals surface area contributed by atoms with Crippen molar-refractivity contribution in [2.75, 3.05) is 11.9 Å². The lowest BCUT2D eigenvalue weighted by Gasteiger charge is -2.16. The zero-order chi connectivity index (χ0) is 38.4. The summed E-state index contributed by atoms with van der Waals surface area (Å²) in [5.41, 5.74) is 11.2. The van der Waals surface area contributed by atoms with Crippen molar-refractivity contribution in [2.24, 2.45) is 0 Å². The first-order chi connectivity index (χ1) is 28.7. The van der Waals surface area contributed by atoms with E-state index in [9.17, 15) is 0 Å². The van der Waals surface area contributed by atoms with Gasteiger partial charge < -0.3 is 5.32 Å². The van der Waals surface area contributed by atoms with Crippen molar-refractivity contribution in [3.05, 3.63) is 200 Å². The second-order valence-corrected chi connectivity index (χ2v) is 14.9. The van der Waals surface area contributed by atoms with Gasteiger partial charge in [0.15, 0.2) is 0 Å². The lowest BCUT2D eigenvalue weighted by atomic mass is 9.99. The van der Waals surface area contributed by atoms with Gasteiger partial charge in [0, 0.05) is 39.4 Å². The van der Waals surface area contributed by atoms with Gasteiger partial charge in [-0.25, -0.2) is 15.0 Å². The maximum Gasteiger partial charge on any atom is 0.0972 e. The molecule has 0 fully saturated rings. The van der Waals surface area contributed by atoms with E-state index in [2.05, 4.69) is 206 Å². The summed E-state index contributed by atoms with van der Waals surface area (Å²) in [5.74, 6) is 0. The number of rotatable bonds is 3. The van der Waals surface area contributed by atoms with E-state index in [1.807, 2.05) is 0 Å². The number of pyridine rings is 3. The third-order valence-electron chi connectivity index (χ3n) is 11.2. The number of hydrogen-bond donors (Lipinski definition) is 1. The monoisotopic (exact) mass is 740 g/mol. The molecule has 0 saturated carbocycles. The Labute approximate surface area is 335 Å². The van der Waals surface area contributed by atoms with Crippen LogP contribution in [0.3, 0.4) is 0 Å². The first kappa shape index (κ1) is 33.6. The molecule has 3 aromatic heterocycles. The van der Waals surface area contributed by atoms with Gasteiger partial charge in [0.25, 0.3) is 0 Å². The van der Waals surface area contributed by atoms with Crippen LogP contribution in [0.5, 0.6) is 0 Å². The van der Waals surface area contributed by atoms with Crippen LogP contribution in [-0.2, 0) is 0 Å². The van der Waals surface area contributed by atoms with Crippen molar-refractivity contribution in [1.29, 1.82) is 0 Å². The summed E-state index contributed by atoms with van der Waals surface area (Å²) < 4.78 is 0. The molecule has 0 radical (unpaired) electrons. The molecule has 1 aliphatic heterocycles. The summed E-state index contributed by atoms with van der Waals surface area (Å²) in [6.45, 7) is 0.817. The molecule has 1 aliphatic rings. The molecule has 12 rings (SSSR count). The normalized spacial score (nSPS) is 12.1. The minimum Gasteiger partial charge on any atom is -0.379 e. The van der Waals surface area contributed by atoms with E-state index >= 15 is 0 Å². The molecular formula is C54H36N4. The summed E-state index contributed by atoms with van der Waals surface area (Å²) in [4.78, 5) is 15.6. The highest BCUT2D eigenvalue weighted by molar-refractivity contribution is 6.05. The Morgan fingerprint density at radius 3 is 1.24 bits per heavy atom. The van der Waals surface area contributed by atoms with Crippen LogP contribution >= 0.6 is 0 Å². The van der Waals surface area contributed by atoms with Crippen molar-refractivity contribution < 1.29 is 0 Å². The Morgan fingerprint density at radius 2 is 0.707 bits per heavy atom. The summed E-state index contributed by atoms with van der Waals surface area (Å²) in [6, 6.07) is 66.2. The van der Waals surface area contributed by atoms with Gasteiger partial charge in [-0.1, -0.05) is 164 Å². The third kappa shape index (κ3) is 6.18. The van der Waals surface area contributed by atoms with Gasteiger partial charge in [-0.2, -0.15) is 0 Å². The van der Waals surface area contributed by atoms with Crippen molar-refractivity contribution in [3.63, 3.8) is 0 Å². The topological polar surface area (TPSA) is 50.7 Å². The number of hydrogen-bond acceptors (Lipinski definition) is 4. The Hall–Kier alpha value is -7.69. The molecule has 0 amide bonds. The molecule has 0 atom stereocenters. The maximum atomic E-state index is 5.23. The minimum atomic E-state index is 0.817. The third-order valence-corrected chi connectivity index (χ3v) is 11.2. The quantitative estimate of drug-likeness (QED) is 0.183. The van der Waals surface area contributed by atoms with E-state index in [4.69, 9.17) is 15.0 Å². The van der Waals surface area contributed by atoms with Crippen LogP contribution in [0.2, 0.25) is 0 Å². The number of nitrogens with one attached hydrogen (secondary N) is 1. The fourth-order valence-electron chi connectivity index (χ4n) is 8.17. The van der Waals surface area contributed by atoms with Crippen molar-refractivity contribution in [1.82, 2.24) is 15.0 Å². The van der Waals surface area contributed by atoms with Crippen molar-refractivity contribution in [3.8, 4) is 33.8 Å². The van der Waals surface area contributed by atoms with E-state index < -0.39 is 0 Å². The fourth-order valence-corrected chi connectivity index (χ4v) is 8.17. The van der Waals surface area contributed by atoms with Gasteiger partial charge in [0.05, 0.1) is 39.3 Å². The number of aromatic nitrogens is 3. The maximum absolute atomic E-state index is 5.23. The standard InChI is InChI=1S/C44H28N4.C10H8/c1-2-5-33-24-34(14-7-27(33)4-1)38-21-18-31-12-13-32-19-22-40(48-44(32)43(31)47-38)36-16-9-28-8-15-35(25-37(28)26-36)39-20-17-30-11-10-29-6-3-23-45-41(29)42(30)46-39;1-2-6-10-8-4-3-7-9(10)5-1/h1-22,24-26,45H,23H2;1-8H. The Kier molecular flexibility index (Phi) is 8.18. The van der Waals surface area contributed by atoms with Crippen LogP contribution in [-0.4, -0.2) is 21.5 Å². The molecule has 8 aromatic carbocycles. The lowest BCUT2D eigenvalue weighted by molar-refractivity contribution is 1.30. The van der Waals surface area contributed by atoms with Crippen LogP contribution in [0.25, 0.3) is 105 Å². The van der Waals surface area contributed by atoms with Crippen LogP contribution in [0.1, 0.15) is 5.56 Å². The number of nitrogens with zero attached hydrogens (tertiary/aromatic N) is 3. The summed E-state index contributed by atoms with van der Waals surface area (Å²) >= 11 is 0. The average molecular weight is 741 g/mol. The fraction of sp³-hybridized carbons (Fsp3) is 0.0185. The van der Waals surface area contributed by atoms with E-state index in [1.54, 1.807) is 0 Å². The van der Waals surface area contributed by atoms with Gasteiger partial charge in [0.2, 0.25) is 0 Å². The second-order valence-electron chi connectivity index (χ2n) is 14.9.